The molecule has 1 fully saturated rings. The fourth-order valence-corrected chi connectivity index (χ4v) is 6.17. The van der Waals surface area contributed by atoms with Crippen molar-refractivity contribution in [2.24, 2.45) is 5.92 Å². The fourth-order valence-electron chi connectivity index (χ4n) is 6.17. The van der Waals surface area contributed by atoms with E-state index in [0.717, 1.165) is 48.4 Å². The van der Waals surface area contributed by atoms with Crippen LogP contribution < -0.4 is 9.64 Å². The third-order valence-electron chi connectivity index (χ3n) is 7.74. The van der Waals surface area contributed by atoms with Gasteiger partial charge in [0.1, 0.15) is 5.75 Å². The summed E-state index contributed by atoms with van der Waals surface area (Å²) in [6.07, 6.45) is -0.552. The Morgan fingerprint density at radius 2 is 1.86 bits per heavy atom. The fraction of sp³-hybridized carbons (Fsp3) is 0.464. The smallest absolute Gasteiger partial charge is 0.437 e. The molecule has 3 aromatic rings. The summed E-state index contributed by atoms with van der Waals surface area (Å²) in [7, 11) is 2.09. The molecule has 196 valence electrons. The maximum Gasteiger partial charge on any atom is 0.437 e. The Kier molecular flexibility index (Phi) is 6.83. The van der Waals surface area contributed by atoms with E-state index in [2.05, 4.69) is 41.0 Å². The maximum absolute atomic E-state index is 13.7. The number of anilines is 1. The van der Waals surface area contributed by atoms with Crippen LogP contribution in [0.15, 0.2) is 48.8 Å². The first-order chi connectivity index (χ1) is 17.8. The zero-order valence-corrected chi connectivity index (χ0v) is 21.4. The number of likely N-dealkylation sites (N-methyl/N-ethyl adjacent to an activating group) is 1. The van der Waals surface area contributed by atoms with E-state index in [1.54, 1.807) is 4.90 Å². The van der Waals surface area contributed by atoms with Crippen molar-refractivity contribution < 1.29 is 17.9 Å². The van der Waals surface area contributed by atoms with Crippen LogP contribution in [-0.2, 0) is 18.1 Å². The highest BCUT2D eigenvalue weighted by Gasteiger charge is 2.49. The number of piperidine rings is 1. The molecule has 0 N–H and O–H groups in total. The molecular weight excluding hydrogens is 479 g/mol. The number of ether oxygens (including phenoxy) is 1. The van der Waals surface area contributed by atoms with Gasteiger partial charge < -0.3 is 9.64 Å². The molecule has 1 saturated heterocycles. The Bertz CT molecular complexity index is 1270. The second kappa shape index (κ2) is 9.93. The van der Waals surface area contributed by atoms with Crippen LogP contribution in [0.4, 0.5) is 19.0 Å². The first-order valence-electron chi connectivity index (χ1n) is 12.8. The van der Waals surface area contributed by atoms with E-state index in [0.29, 0.717) is 26.1 Å². The summed E-state index contributed by atoms with van der Waals surface area (Å²) in [4.78, 5) is 16.9. The number of para-hydroxylation sites is 1. The van der Waals surface area contributed by atoms with Crippen LogP contribution in [0.3, 0.4) is 0 Å². The molecule has 1 spiro atoms. The van der Waals surface area contributed by atoms with E-state index in [1.165, 1.54) is 11.8 Å². The number of pyridine rings is 1. The standard InChI is InChI=1S/C28H32F3N5O/c1-4-19-16-36(26-25(28(29,30)31)32-13-14-33-26)15-12-27(19)18-35(3)17-23-21(27)10-11-22(34-23)20-8-6-7-9-24(20)37-5-2/h6-11,13-14,19H,4-5,12,15-18H2,1-3H3. The molecule has 0 aliphatic carbocycles. The van der Waals surface area contributed by atoms with Crippen LogP contribution in [0, 0.1) is 5.92 Å². The molecule has 0 bridgehead atoms. The van der Waals surface area contributed by atoms with Gasteiger partial charge in [-0.2, -0.15) is 13.2 Å². The molecule has 1 aromatic carbocycles. The third kappa shape index (κ3) is 4.65. The van der Waals surface area contributed by atoms with Crippen LogP contribution in [0.25, 0.3) is 11.3 Å². The molecule has 2 atom stereocenters. The highest BCUT2D eigenvalue weighted by atomic mass is 19.4. The first kappa shape index (κ1) is 25.4. The molecule has 2 aliphatic heterocycles. The van der Waals surface area contributed by atoms with Gasteiger partial charge in [-0.05, 0) is 50.1 Å². The lowest BCUT2D eigenvalue weighted by atomic mass is 9.62. The van der Waals surface area contributed by atoms with E-state index >= 15 is 0 Å². The molecule has 9 heteroatoms. The number of alkyl halides is 3. The minimum absolute atomic E-state index is 0.0753. The molecule has 2 aromatic heterocycles. The van der Waals surface area contributed by atoms with E-state index in [-0.39, 0.29) is 17.2 Å². The van der Waals surface area contributed by atoms with Crippen LogP contribution in [-0.4, -0.2) is 53.1 Å². The van der Waals surface area contributed by atoms with Gasteiger partial charge >= 0.3 is 6.18 Å². The summed E-state index contributed by atoms with van der Waals surface area (Å²) in [6, 6.07) is 12.2. The molecule has 0 amide bonds. The van der Waals surface area contributed by atoms with Gasteiger partial charge in [-0.3, -0.25) is 9.88 Å². The topological polar surface area (TPSA) is 54.4 Å². The lowest BCUT2D eigenvalue weighted by Gasteiger charge is -2.52. The number of rotatable bonds is 5. The lowest BCUT2D eigenvalue weighted by Crippen LogP contribution is -2.57. The number of hydrogen-bond donors (Lipinski definition) is 0. The summed E-state index contributed by atoms with van der Waals surface area (Å²) >= 11 is 0. The van der Waals surface area contributed by atoms with Gasteiger partial charge in [-0.1, -0.05) is 31.5 Å². The second-order valence-corrected chi connectivity index (χ2v) is 9.98. The van der Waals surface area contributed by atoms with Crippen LogP contribution in [0.1, 0.15) is 43.6 Å². The van der Waals surface area contributed by atoms with Gasteiger partial charge in [0.15, 0.2) is 11.5 Å². The van der Waals surface area contributed by atoms with E-state index in [1.807, 2.05) is 31.2 Å². The first-order valence-corrected chi connectivity index (χ1v) is 12.8. The van der Waals surface area contributed by atoms with Crippen molar-refractivity contribution >= 4 is 5.82 Å². The van der Waals surface area contributed by atoms with E-state index < -0.39 is 11.9 Å². The van der Waals surface area contributed by atoms with Gasteiger partial charge in [0.05, 0.1) is 18.0 Å². The monoisotopic (exact) mass is 511 g/mol. The normalized spacial score (nSPS) is 22.2. The predicted molar refractivity (Wildman–Crippen MR) is 136 cm³/mol. The number of hydrogen-bond acceptors (Lipinski definition) is 6. The third-order valence-corrected chi connectivity index (χ3v) is 7.74. The Labute approximate surface area is 215 Å². The highest BCUT2D eigenvalue weighted by molar-refractivity contribution is 5.67. The number of benzene rings is 1. The summed E-state index contributed by atoms with van der Waals surface area (Å²) in [6.45, 7) is 7.18. The van der Waals surface area contributed by atoms with Gasteiger partial charge in [-0.25, -0.2) is 9.97 Å². The van der Waals surface area contributed by atoms with Crippen LogP contribution in [0.5, 0.6) is 5.75 Å². The van der Waals surface area contributed by atoms with Crippen molar-refractivity contribution in [1.82, 2.24) is 19.9 Å². The molecule has 37 heavy (non-hydrogen) atoms. The van der Waals surface area contributed by atoms with Crippen molar-refractivity contribution in [2.45, 2.75) is 44.8 Å². The lowest BCUT2D eigenvalue weighted by molar-refractivity contribution is -0.140. The predicted octanol–water partition coefficient (Wildman–Crippen LogP) is 5.58. The average Bonchev–Trinajstić information content (AvgIpc) is 2.88. The Balaban J connectivity index is 1.51. The summed E-state index contributed by atoms with van der Waals surface area (Å²) in [5, 5.41) is 0. The largest absolute Gasteiger partial charge is 0.493 e. The second-order valence-electron chi connectivity index (χ2n) is 9.98. The number of halogens is 3. The highest BCUT2D eigenvalue weighted by Crippen LogP contribution is 2.47. The number of aromatic nitrogens is 3. The summed E-state index contributed by atoms with van der Waals surface area (Å²) in [5.41, 5.74) is 2.96. The van der Waals surface area contributed by atoms with E-state index in [9.17, 15) is 13.2 Å². The Hall–Kier alpha value is -3.20. The number of nitrogens with zero attached hydrogens (tertiary/aromatic N) is 5. The molecule has 0 radical (unpaired) electrons. The van der Waals surface area contributed by atoms with Crippen molar-refractivity contribution in [2.75, 3.05) is 38.2 Å². The maximum atomic E-state index is 13.7. The summed E-state index contributed by atoms with van der Waals surface area (Å²) < 4.78 is 46.9. The van der Waals surface area contributed by atoms with Crippen LogP contribution >= 0.6 is 0 Å². The van der Waals surface area contributed by atoms with Gasteiger partial charge in [0.2, 0.25) is 0 Å². The number of fused-ring (bicyclic) bond motifs is 2. The SMILES string of the molecule is CCOc1ccccc1-c1ccc2c(n1)CN(C)CC21CCN(c2nccnc2C(F)(F)F)CC1CC. The quantitative estimate of drug-likeness (QED) is 0.446. The molecule has 0 saturated carbocycles. The van der Waals surface area contributed by atoms with Gasteiger partial charge in [0, 0.05) is 49.6 Å². The van der Waals surface area contributed by atoms with Gasteiger partial charge in [0.25, 0.3) is 0 Å². The Morgan fingerprint density at radius 1 is 1.08 bits per heavy atom. The van der Waals surface area contributed by atoms with Crippen molar-refractivity contribution in [1.29, 1.82) is 0 Å². The van der Waals surface area contributed by atoms with Gasteiger partial charge in [-0.15, -0.1) is 0 Å². The molecule has 6 nitrogen and oxygen atoms in total. The Morgan fingerprint density at radius 3 is 2.62 bits per heavy atom. The molecular formula is C28H32F3N5O. The minimum Gasteiger partial charge on any atom is -0.493 e. The minimum atomic E-state index is -4.55. The molecule has 2 unspecified atom stereocenters. The summed E-state index contributed by atoms with van der Waals surface area (Å²) in [5.74, 6) is 0.864. The molecule has 5 rings (SSSR count). The zero-order valence-electron chi connectivity index (χ0n) is 21.4. The molecule has 2 aliphatic rings. The molecule has 4 heterocycles. The van der Waals surface area contributed by atoms with Crippen molar-refractivity contribution in [3.63, 3.8) is 0 Å². The zero-order chi connectivity index (χ0) is 26.2. The van der Waals surface area contributed by atoms with Crippen LogP contribution in [0.2, 0.25) is 0 Å². The van der Waals surface area contributed by atoms with E-state index in [4.69, 9.17) is 9.72 Å². The van der Waals surface area contributed by atoms with Crippen molar-refractivity contribution in [3.05, 3.63) is 65.7 Å². The average molecular weight is 512 g/mol. The van der Waals surface area contributed by atoms with Crippen molar-refractivity contribution in [3.8, 4) is 17.0 Å².